The molecule has 2 saturated heterocycles. The number of rotatable bonds is 4. The number of nitrogens with one attached hydrogen (secondary N) is 1. The molecule has 2 atom stereocenters. The highest BCUT2D eigenvalue weighted by Crippen LogP contribution is 2.29. The number of amides is 2. The first kappa shape index (κ1) is 17.9. The SMILES string of the molecule is Cc1cccc(N2C[C@@H](C(=O)NC[C@H]3CCS(=O)(=O)C3)CC2=O)c1C. The Morgan fingerprint density at radius 3 is 2.76 bits per heavy atom. The molecule has 2 amide bonds. The summed E-state index contributed by atoms with van der Waals surface area (Å²) in [6, 6.07) is 5.82. The van der Waals surface area contributed by atoms with E-state index in [-0.39, 0.29) is 41.6 Å². The van der Waals surface area contributed by atoms with E-state index in [1.807, 2.05) is 32.0 Å². The van der Waals surface area contributed by atoms with Crippen LogP contribution in [0.5, 0.6) is 0 Å². The van der Waals surface area contributed by atoms with E-state index >= 15 is 0 Å². The standard InChI is InChI=1S/C18H24N2O4S/c1-12-4-3-5-16(13(12)2)20-10-15(8-17(20)21)18(22)19-9-14-6-7-25(23,24)11-14/h3-5,14-15H,6-11H2,1-2H3,(H,19,22)/t14-,15+/m1/s1. The average molecular weight is 364 g/mol. The monoisotopic (exact) mass is 364 g/mol. The van der Waals surface area contributed by atoms with Crippen molar-refractivity contribution in [3.05, 3.63) is 29.3 Å². The lowest BCUT2D eigenvalue weighted by Gasteiger charge is -2.20. The molecule has 0 unspecified atom stereocenters. The summed E-state index contributed by atoms with van der Waals surface area (Å²) in [6.45, 7) is 4.72. The highest BCUT2D eigenvalue weighted by atomic mass is 32.2. The first-order chi connectivity index (χ1) is 11.8. The van der Waals surface area contributed by atoms with E-state index in [0.717, 1.165) is 16.8 Å². The van der Waals surface area contributed by atoms with Crippen molar-refractivity contribution < 1.29 is 18.0 Å². The third kappa shape index (κ3) is 3.86. The van der Waals surface area contributed by atoms with Crippen molar-refractivity contribution in [2.24, 2.45) is 11.8 Å². The largest absolute Gasteiger partial charge is 0.355 e. The fraction of sp³-hybridized carbons (Fsp3) is 0.556. The quantitative estimate of drug-likeness (QED) is 0.870. The highest BCUT2D eigenvalue weighted by molar-refractivity contribution is 7.91. The van der Waals surface area contributed by atoms with Gasteiger partial charge < -0.3 is 10.2 Å². The topological polar surface area (TPSA) is 83.6 Å². The summed E-state index contributed by atoms with van der Waals surface area (Å²) in [5, 5.41) is 2.84. The molecule has 0 radical (unpaired) electrons. The second-order valence-corrected chi connectivity index (χ2v) is 9.37. The van der Waals surface area contributed by atoms with Crippen LogP contribution in [0.4, 0.5) is 5.69 Å². The molecule has 6 nitrogen and oxygen atoms in total. The molecule has 136 valence electrons. The molecule has 0 saturated carbocycles. The number of carbonyl (C=O) groups is 2. The minimum absolute atomic E-state index is 0.0128. The molecule has 1 aromatic carbocycles. The van der Waals surface area contributed by atoms with E-state index in [1.165, 1.54) is 0 Å². The van der Waals surface area contributed by atoms with Crippen LogP contribution in [0.1, 0.15) is 24.0 Å². The summed E-state index contributed by atoms with van der Waals surface area (Å²) in [4.78, 5) is 26.5. The molecule has 3 rings (SSSR count). The van der Waals surface area contributed by atoms with E-state index < -0.39 is 9.84 Å². The van der Waals surface area contributed by atoms with Crippen LogP contribution in [0.2, 0.25) is 0 Å². The Bertz CT molecular complexity index is 803. The summed E-state index contributed by atoms with van der Waals surface area (Å²) in [5.74, 6) is -0.254. The Kier molecular flexibility index (Phi) is 4.86. The minimum atomic E-state index is -2.94. The number of benzene rings is 1. The third-order valence-electron chi connectivity index (χ3n) is 5.25. The summed E-state index contributed by atoms with van der Waals surface area (Å²) in [6.07, 6.45) is 0.795. The predicted molar refractivity (Wildman–Crippen MR) is 96.1 cm³/mol. The predicted octanol–water partition coefficient (Wildman–Crippen LogP) is 1.21. The molecule has 0 spiro atoms. The number of nitrogens with zero attached hydrogens (tertiary/aromatic N) is 1. The molecule has 2 aliphatic heterocycles. The van der Waals surface area contributed by atoms with Gasteiger partial charge in [-0.3, -0.25) is 9.59 Å². The van der Waals surface area contributed by atoms with Crippen molar-refractivity contribution in [1.29, 1.82) is 0 Å². The van der Waals surface area contributed by atoms with Crippen molar-refractivity contribution in [2.45, 2.75) is 26.7 Å². The first-order valence-corrected chi connectivity index (χ1v) is 10.4. The van der Waals surface area contributed by atoms with Crippen molar-refractivity contribution in [3.63, 3.8) is 0 Å². The van der Waals surface area contributed by atoms with E-state index in [0.29, 0.717) is 19.5 Å². The zero-order chi connectivity index (χ0) is 18.2. The Morgan fingerprint density at radius 2 is 2.08 bits per heavy atom. The molecule has 1 N–H and O–H groups in total. The molecule has 7 heteroatoms. The summed E-state index contributed by atoms with van der Waals surface area (Å²) in [7, 11) is -2.94. The van der Waals surface area contributed by atoms with Crippen molar-refractivity contribution in [2.75, 3.05) is 29.5 Å². The van der Waals surface area contributed by atoms with E-state index in [2.05, 4.69) is 5.32 Å². The van der Waals surface area contributed by atoms with Crippen LogP contribution < -0.4 is 10.2 Å². The van der Waals surface area contributed by atoms with Crippen molar-refractivity contribution in [3.8, 4) is 0 Å². The molecular formula is C18H24N2O4S. The molecule has 2 fully saturated rings. The van der Waals surface area contributed by atoms with Gasteiger partial charge >= 0.3 is 0 Å². The summed E-state index contributed by atoms with van der Waals surface area (Å²) in [5.41, 5.74) is 3.02. The molecular weight excluding hydrogens is 340 g/mol. The Hall–Kier alpha value is -1.89. The van der Waals surface area contributed by atoms with Gasteiger partial charge in [0.15, 0.2) is 9.84 Å². The number of aryl methyl sites for hydroxylation is 1. The smallest absolute Gasteiger partial charge is 0.227 e. The minimum Gasteiger partial charge on any atom is -0.355 e. The van der Waals surface area contributed by atoms with Crippen LogP contribution in [0.15, 0.2) is 18.2 Å². The lowest BCUT2D eigenvalue weighted by molar-refractivity contribution is -0.126. The molecule has 0 aromatic heterocycles. The lowest BCUT2D eigenvalue weighted by Crippen LogP contribution is -2.36. The molecule has 25 heavy (non-hydrogen) atoms. The van der Waals surface area contributed by atoms with Gasteiger partial charge in [0.25, 0.3) is 0 Å². The molecule has 2 heterocycles. The third-order valence-corrected chi connectivity index (χ3v) is 7.09. The van der Waals surface area contributed by atoms with Gasteiger partial charge in [0.05, 0.1) is 17.4 Å². The number of sulfone groups is 1. The maximum atomic E-state index is 12.4. The first-order valence-electron chi connectivity index (χ1n) is 8.61. The van der Waals surface area contributed by atoms with Gasteiger partial charge in [0.2, 0.25) is 11.8 Å². The van der Waals surface area contributed by atoms with Gasteiger partial charge in [0, 0.05) is 25.2 Å². The van der Waals surface area contributed by atoms with Gasteiger partial charge in [-0.15, -0.1) is 0 Å². The summed E-state index contributed by atoms with van der Waals surface area (Å²) >= 11 is 0. The normalized spacial score (nSPS) is 25.4. The Morgan fingerprint density at radius 1 is 1.32 bits per heavy atom. The van der Waals surface area contributed by atoms with Crippen LogP contribution in [0.3, 0.4) is 0 Å². The maximum Gasteiger partial charge on any atom is 0.227 e. The van der Waals surface area contributed by atoms with Crippen molar-refractivity contribution >= 4 is 27.3 Å². The fourth-order valence-corrected chi connectivity index (χ4v) is 5.43. The van der Waals surface area contributed by atoms with E-state index in [9.17, 15) is 18.0 Å². The van der Waals surface area contributed by atoms with E-state index in [4.69, 9.17) is 0 Å². The Balaban J connectivity index is 1.60. The molecule has 2 aliphatic rings. The lowest BCUT2D eigenvalue weighted by atomic mass is 10.1. The van der Waals surface area contributed by atoms with Gasteiger partial charge in [-0.25, -0.2) is 8.42 Å². The van der Waals surface area contributed by atoms with Gasteiger partial charge in [-0.05, 0) is 43.4 Å². The summed E-state index contributed by atoms with van der Waals surface area (Å²) < 4.78 is 23.0. The van der Waals surface area contributed by atoms with Crippen LogP contribution in [0, 0.1) is 25.7 Å². The maximum absolute atomic E-state index is 12.4. The fourth-order valence-electron chi connectivity index (χ4n) is 3.57. The zero-order valence-corrected chi connectivity index (χ0v) is 15.4. The number of hydrogen-bond acceptors (Lipinski definition) is 4. The van der Waals surface area contributed by atoms with Crippen LogP contribution in [-0.2, 0) is 19.4 Å². The second-order valence-electron chi connectivity index (χ2n) is 7.14. The average Bonchev–Trinajstić information content (AvgIpc) is 3.10. The molecule has 0 bridgehead atoms. The Labute approximate surface area is 148 Å². The molecule has 0 aliphatic carbocycles. The van der Waals surface area contributed by atoms with Crippen LogP contribution >= 0.6 is 0 Å². The van der Waals surface area contributed by atoms with Crippen LogP contribution in [0.25, 0.3) is 0 Å². The van der Waals surface area contributed by atoms with Crippen LogP contribution in [-0.4, -0.2) is 44.8 Å². The zero-order valence-electron chi connectivity index (χ0n) is 14.6. The number of carbonyl (C=O) groups excluding carboxylic acids is 2. The second kappa shape index (κ2) is 6.78. The van der Waals surface area contributed by atoms with Gasteiger partial charge in [0.1, 0.15) is 0 Å². The van der Waals surface area contributed by atoms with Crippen molar-refractivity contribution in [1.82, 2.24) is 5.32 Å². The van der Waals surface area contributed by atoms with Gasteiger partial charge in [-0.1, -0.05) is 12.1 Å². The number of anilines is 1. The van der Waals surface area contributed by atoms with Gasteiger partial charge in [-0.2, -0.15) is 0 Å². The molecule has 1 aromatic rings. The van der Waals surface area contributed by atoms with E-state index in [1.54, 1.807) is 4.90 Å². The number of hydrogen-bond donors (Lipinski definition) is 1. The highest BCUT2D eigenvalue weighted by Gasteiger charge is 2.36.